The van der Waals surface area contributed by atoms with E-state index in [0.29, 0.717) is 30.2 Å². The van der Waals surface area contributed by atoms with E-state index in [1.165, 1.54) is 12.1 Å². The summed E-state index contributed by atoms with van der Waals surface area (Å²) >= 11 is 6.43. The van der Waals surface area contributed by atoms with E-state index in [2.05, 4.69) is 42.0 Å². The molecule has 0 unspecified atom stereocenters. The maximum atomic E-state index is 13.5. The molecular formula is C33H39ClF3N3. The van der Waals surface area contributed by atoms with Crippen LogP contribution < -0.4 is 0 Å². The Hall–Kier alpha value is -3.09. The predicted octanol–water partition coefficient (Wildman–Crippen LogP) is 9.97. The number of halogens is 4. The third-order valence-corrected chi connectivity index (χ3v) is 7.14. The summed E-state index contributed by atoms with van der Waals surface area (Å²) in [5, 5.41) is 0.332. The monoisotopic (exact) mass is 569 g/mol. The zero-order valence-electron chi connectivity index (χ0n) is 23.6. The highest BCUT2D eigenvalue weighted by Gasteiger charge is 2.31. The second-order valence-electron chi connectivity index (χ2n) is 9.82. The quantitative estimate of drug-likeness (QED) is 0.180. The summed E-state index contributed by atoms with van der Waals surface area (Å²) in [5.41, 5.74) is 3.53. The minimum absolute atomic E-state index is 0.295. The van der Waals surface area contributed by atoms with E-state index >= 15 is 0 Å². The van der Waals surface area contributed by atoms with E-state index in [1.807, 2.05) is 49.4 Å². The van der Waals surface area contributed by atoms with Gasteiger partial charge in [0.2, 0.25) is 0 Å². The van der Waals surface area contributed by atoms with Gasteiger partial charge in [0, 0.05) is 35.8 Å². The second kappa shape index (κ2) is 15.1. The van der Waals surface area contributed by atoms with Crippen molar-refractivity contribution in [1.29, 1.82) is 0 Å². The molecule has 7 heteroatoms. The normalized spacial score (nSPS) is 12.6. The Morgan fingerprint density at radius 1 is 1.05 bits per heavy atom. The zero-order chi connectivity index (χ0) is 29.1. The van der Waals surface area contributed by atoms with Crippen molar-refractivity contribution in [2.45, 2.75) is 72.3 Å². The van der Waals surface area contributed by atoms with Crippen molar-refractivity contribution in [3.05, 3.63) is 107 Å². The third-order valence-electron chi connectivity index (χ3n) is 6.77. The molecule has 3 aromatic rings. The van der Waals surface area contributed by atoms with Crippen LogP contribution in [0.3, 0.4) is 0 Å². The van der Waals surface area contributed by atoms with Crippen LogP contribution in [0, 0.1) is 0 Å². The van der Waals surface area contributed by atoms with Crippen LogP contribution in [0.1, 0.15) is 69.0 Å². The van der Waals surface area contributed by atoms with E-state index in [-0.39, 0.29) is 0 Å². The number of unbranched alkanes of at least 4 members (excludes halogenated alkanes) is 2. The van der Waals surface area contributed by atoms with Gasteiger partial charge >= 0.3 is 6.18 Å². The molecule has 3 rings (SSSR count). The van der Waals surface area contributed by atoms with Crippen LogP contribution in [-0.2, 0) is 25.8 Å². The van der Waals surface area contributed by atoms with E-state index in [4.69, 9.17) is 16.6 Å². The fourth-order valence-electron chi connectivity index (χ4n) is 4.61. The van der Waals surface area contributed by atoms with Crippen molar-refractivity contribution in [2.75, 3.05) is 6.54 Å². The number of alkyl halides is 3. The first-order chi connectivity index (χ1) is 19.2. The van der Waals surface area contributed by atoms with E-state index in [9.17, 15) is 13.2 Å². The molecule has 1 aromatic heterocycles. The lowest BCUT2D eigenvalue weighted by molar-refractivity contribution is -0.137. The number of imidazole rings is 1. The summed E-state index contributed by atoms with van der Waals surface area (Å²) in [5.74, 6) is 0.875. The van der Waals surface area contributed by atoms with Crippen LogP contribution in [0.2, 0.25) is 5.02 Å². The predicted molar refractivity (Wildman–Crippen MR) is 161 cm³/mol. The molecule has 0 aliphatic rings. The molecule has 0 radical (unpaired) electrons. The molecule has 0 N–H and O–H groups in total. The maximum absolute atomic E-state index is 13.5. The Bertz CT molecular complexity index is 1310. The first kappa shape index (κ1) is 31.4. The largest absolute Gasteiger partial charge is 0.416 e. The van der Waals surface area contributed by atoms with Crippen LogP contribution in [0.5, 0.6) is 0 Å². The lowest BCUT2D eigenvalue weighted by Crippen LogP contribution is -2.26. The molecule has 2 aromatic carbocycles. The molecule has 214 valence electrons. The van der Waals surface area contributed by atoms with Crippen LogP contribution in [0.4, 0.5) is 13.2 Å². The van der Waals surface area contributed by atoms with Gasteiger partial charge in [0.25, 0.3) is 0 Å². The van der Waals surface area contributed by atoms with E-state index in [0.717, 1.165) is 66.6 Å². The van der Waals surface area contributed by atoms with Gasteiger partial charge in [-0.25, -0.2) is 4.98 Å². The number of benzene rings is 2. The number of hydrogen-bond donors (Lipinski definition) is 0. The van der Waals surface area contributed by atoms with Gasteiger partial charge in [0.15, 0.2) is 0 Å². The number of nitrogens with zero attached hydrogens (tertiary/aromatic N) is 3. The summed E-state index contributed by atoms with van der Waals surface area (Å²) in [4.78, 5) is 7.33. The average molecular weight is 570 g/mol. The molecule has 0 aliphatic heterocycles. The summed E-state index contributed by atoms with van der Waals surface area (Å²) < 4.78 is 42.8. The molecule has 0 saturated carbocycles. The molecule has 3 nitrogen and oxygen atoms in total. The Morgan fingerprint density at radius 3 is 2.40 bits per heavy atom. The van der Waals surface area contributed by atoms with Crippen LogP contribution in [0.25, 0.3) is 17.0 Å². The molecular weight excluding hydrogens is 531 g/mol. The molecule has 0 amide bonds. The minimum Gasteiger partial charge on any atom is -0.326 e. The summed E-state index contributed by atoms with van der Waals surface area (Å²) in [6, 6.07) is 13.6. The van der Waals surface area contributed by atoms with Gasteiger partial charge in [0.1, 0.15) is 5.82 Å². The average Bonchev–Trinajstić information content (AvgIpc) is 3.29. The van der Waals surface area contributed by atoms with Gasteiger partial charge in [-0.3, -0.25) is 4.90 Å². The van der Waals surface area contributed by atoms with Crippen LogP contribution in [-0.4, -0.2) is 21.0 Å². The molecule has 0 atom stereocenters. The molecule has 0 spiro atoms. The standard InChI is InChI=1S/C33H39ClF3N3/c1-5-9-15-25(8-4)31-30(40(21-11-7-3)32(38-31)26-16-13-12-14-17-26)24-39(20-10-6-2)23-27-22-28(33(35,36)37)18-19-29(27)34/h5,8-9,12-19,22H,4,6-7,10-11,20-21,23-24H2,1-3H3/b9-5-,25-15+. The Balaban J connectivity index is 2.16. The Kier molecular flexibility index (Phi) is 11.8. The van der Waals surface area contributed by atoms with Gasteiger partial charge < -0.3 is 4.57 Å². The lowest BCUT2D eigenvalue weighted by atomic mass is 10.1. The molecule has 0 saturated heterocycles. The number of allylic oxidation sites excluding steroid dienone is 5. The maximum Gasteiger partial charge on any atom is 0.416 e. The highest BCUT2D eigenvalue weighted by molar-refractivity contribution is 6.31. The van der Waals surface area contributed by atoms with Gasteiger partial charge in [-0.2, -0.15) is 13.2 Å². The Morgan fingerprint density at radius 2 is 1.77 bits per heavy atom. The first-order valence-corrected chi connectivity index (χ1v) is 14.3. The van der Waals surface area contributed by atoms with E-state index in [1.54, 1.807) is 0 Å². The number of hydrogen-bond acceptors (Lipinski definition) is 2. The van der Waals surface area contributed by atoms with Gasteiger partial charge in [-0.15, -0.1) is 0 Å². The van der Waals surface area contributed by atoms with Crippen molar-refractivity contribution in [2.24, 2.45) is 0 Å². The van der Waals surface area contributed by atoms with Crippen molar-refractivity contribution in [1.82, 2.24) is 14.5 Å². The van der Waals surface area contributed by atoms with E-state index < -0.39 is 11.7 Å². The van der Waals surface area contributed by atoms with Crippen molar-refractivity contribution in [3.8, 4) is 11.4 Å². The van der Waals surface area contributed by atoms with Crippen molar-refractivity contribution in [3.63, 3.8) is 0 Å². The second-order valence-corrected chi connectivity index (χ2v) is 10.2. The number of rotatable bonds is 14. The Labute approximate surface area is 241 Å². The summed E-state index contributed by atoms with van der Waals surface area (Å²) in [7, 11) is 0. The summed E-state index contributed by atoms with van der Waals surface area (Å²) in [6.07, 6.45) is 7.15. The van der Waals surface area contributed by atoms with Crippen molar-refractivity contribution >= 4 is 17.2 Å². The molecule has 0 bridgehead atoms. The lowest BCUT2D eigenvalue weighted by Gasteiger charge is -2.25. The smallest absolute Gasteiger partial charge is 0.326 e. The highest BCUT2D eigenvalue weighted by Crippen LogP contribution is 2.33. The number of aromatic nitrogens is 2. The first-order valence-electron chi connectivity index (χ1n) is 13.9. The molecule has 1 heterocycles. The zero-order valence-corrected chi connectivity index (χ0v) is 24.4. The minimum atomic E-state index is -4.43. The molecule has 0 fully saturated rings. The van der Waals surface area contributed by atoms with Crippen LogP contribution >= 0.6 is 11.6 Å². The SMILES string of the molecule is C=C/C(=C\C=C/C)c1nc(-c2ccccc2)n(CCCC)c1CN(CCCC)Cc1cc(C(F)(F)F)ccc1Cl. The topological polar surface area (TPSA) is 21.1 Å². The fraction of sp³-hybridized carbons (Fsp3) is 0.364. The molecule has 40 heavy (non-hydrogen) atoms. The third kappa shape index (κ3) is 8.21. The van der Waals surface area contributed by atoms with Crippen LogP contribution in [0.15, 0.2) is 79.4 Å². The van der Waals surface area contributed by atoms with Gasteiger partial charge in [-0.05, 0) is 50.1 Å². The molecule has 0 aliphatic carbocycles. The van der Waals surface area contributed by atoms with Crippen molar-refractivity contribution < 1.29 is 13.2 Å². The summed E-state index contributed by atoms with van der Waals surface area (Å²) in [6.45, 7) is 12.6. The van der Waals surface area contributed by atoms with Gasteiger partial charge in [-0.1, -0.05) is 99.5 Å². The van der Waals surface area contributed by atoms with Gasteiger partial charge in [0.05, 0.1) is 17.0 Å². The fourth-order valence-corrected chi connectivity index (χ4v) is 4.78. The highest BCUT2D eigenvalue weighted by atomic mass is 35.5.